The Balaban J connectivity index is 1.52. The van der Waals surface area contributed by atoms with E-state index < -0.39 is 0 Å². The zero-order chi connectivity index (χ0) is 22.8. The molecule has 0 spiro atoms. The number of para-hydroxylation sites is 1. The summed E-state index contributed by atoms with van der Waals surface area (Å²) >= 11 is 0. The number of rotatable bonds is 5. The van der Waals surface area contributed by atoms with E-state index in [1.165, 1.54) is 0 Å². The molecule has 33 heavy (non-hydrogen) atoms. The number of hydrogen-bond acceptors (Lipinski definition) is 5. The Labute approximate surface area is 190 Å². The van der Waals surface area contributed by atoms with Crippen molar-refractivity contribution in [3.63, 3.8) is 0 Å². The Morgan fingerprint density at radius 2 is 1.64 bits per heavy atom. The molecule has 8 heteroatoms. The molecule has 162 valence electrons. The second-order valence-electron chi connectivity index (χ2n) is 7.63. The van der Waals surface area contributed by atoms with Gasteiger partial charge in [-0.05, 0) is 54.1 Å². The van der Waals surface area contributed by atoms with Gasteiger partial charge in [-0.25, -0.2) is 4.68 Å². The lowest BCUT2D eigenvalue weighted by Crippen LogP contribution is -2.13. The number of carbonyl (C=O) groups excluding carboxylic acids is 1. The van der Waals surface area contributed by atoms with Crippen molar-refractivity contribution in [2.75, 3.05) is 5.32 Å². The average Bonchev–Trinajstić information content (AvgIpc) is 3.48. The Kier molecular flexibility index (Phi) is 5.24. The van der Waals surface area contributed by atoms with E-state index in [1.807, 2.05) is 92.7 Å². The summed E-state index contributed by atoms with van der Waals surface area (Å²) in [5.41, 5.74) is 5.27. The van der Waals surface area contributed by atoms with E-state index in [2.05, 4.69) is 20.8 Å². The third kappa shape index (κ3) is 4.01. The maximum Gasteiger partial charge on any atom is 0.259 e. The summed E-state index contributed by atoms with van der Waals surface area (Å²) in [6, 6.07) is 25.1. The van der Waals surface area contributed by atoms with Gasteiger partial charge in [0.25, 0.3) is 5.91 Å². The van der Waals surface area contributed by atoms with Crippen molar-refractivity contribution in [3.05, 3.63) is 102 Å². The molecule has 2 aromatic heterocycles. The van der Waals surface area contributed by atoms with Gasteiger partial charge in [0.15, 0.2) is 5.82 Å². The minimum atomic E-state index is -0.251. The number of aryl methyl sites for hydroxylation is 2. The quantitative estimate of drug-likeness (QED) is 0.442. The molecule has 0 saturated heterocycles. The third-order valence-corrected chi connectivity index (χ3v) is 5.35. The number of hydrogen-bond donors (Lipinski definition) is 1. The van der Waals surface area contributed by atoms with Gasteiger partial charge >= 0.3 is 0 Å². The molecule has 0 saturated carbocycles. The van der Waals surface area contributed by atoms with E-state index in [0.717, 1.165) is 22.5 Å². The van der Waals surface area contributed by atoms with Gasteiger partial charge in [-0.2, -0.15) is 9.78 Å². The van der Waals surface area contributed by atoms with Crippen LogP contribution >= 0.6 is 0 Å². The molecule has 1 N–H and O–H groups in total. The van der Waals surface area contributed by atoms with Crippen LogP contribution in [0.3, 0.4) is 0 Å². The number of aromatic nitrogens is 6. The second-order valence-corrected chi connectivity index (χ2v) is 7.63. The number of amides is 1. The first-order valence-corrected chi connectivity index (χ1v) is 10.5. The molecule has 8 nitrogen and oxygen atoms in total. The smallest absolute Gasteiger partial charge is 0.259 e. The molecule has 5 rings (SSSR count). The number of anilines is 1. The lowest BCUT2D eigenvalue weighted by molar-refractivity contribution is 0.102. The fraction of sp³-hybridized carbons (Fsp3) is 0.0800. The van der Waals surface area contributed by atoms with Gasteiger partial charge in [0.1, 0.15) is 5.69 Å². The SMILES string of the molecule is Cc1ccc(NC(=O)c2cn(-c3ccccc3)nc2-c2ccccc2)cc1-n1nnnc1C. The molecular weight excluding hydrogens is 414 g/mol. The molecule has 0 aliphatic heterocycles. The number of nitrogens with one attached hydrogen (secondary N) is 1. The van der Waals surface area contributed by atoms with Crippen molar-refractivity contribution in [2.24, 2.45) is 0 Å². The van der Waals surface area contributed by atoms with Crippen LogP contribution in [0.1, 0.15) is 21.7 Å². The predicted molar refractivity (Wildman–Crippen MR) is 126 cm³/mol. The molecule has 0 fully saturated rings. The fourth-order valence-corrected chi connectivity index (χ4v) is 3.63. The first-order valence-electron chi connectivity index (χ1n) is 10.5. The lowest BCUT2D eigenvalue weighted by atomic mass is 10.1. The molecule has 0 radical (unpaired) electrons. The number of tetrazole rings is 1. The van der Waals surface area contributed by atoms with Crippen molar-refractivity contribution in [2.45, 2.75) is 13.8 Å². The summed E-state index contributed by atoms with van der Waals surface area (Å²) in [5, 5.41) is 19.4. The summed E-state index contributed by atoms with van der Waals surface area (Å²) < 4.78 is 3.37. The van der Waals surface area contributed by atoms with Gasteiger partial charge < -0.3 is 5.32 Å². The van der Waals surface area contributed by atoms with E-state index in [-0.39, 0.29) is 5.91 Å². The van der Waals surface area contributed by atoms with Crippen LogP contribution < -0.4 is 5.32 Å². The van der Waals surface area contributed by atoms with Gasteiger partial charge in [-0.1, -0.05) is 54.6 Å². The number of benzene rings is 3. The zero-order valence-electron chi connectivity index (χ0n) is 18.2. The van der Waals surface area contributed by atoms with Crippen LogP contribution in [0.2, 0.25) is 0 Å². The van der Waals surface area contributed by atoms with E-state index in [9.17, 15) is 4.79 Å². The predicted octanol–water partition coefficient (Wildman–Crippen LogP) is 4.38. The van der Waals surface area contributed by atoms with Gasteiger partial charge in [0.05, 0.1) is 16.9 Å². The van der Waals surface area contributed by atoms with Crippen LogP contribution in [-0.2, 0) is 0 Å². The fourth-order valence-electron chi connectivity index (χ4n) is 3.63. The minimum Gasteiger partial charge on any atom is -0.322 e. The molecule has 2 heterocycles. The topological polar surface area (TPSA) is 90.5 Å². The molecule has 0 unspecified atom stereocenters. The Hall–Kier alpha value is -4.59. The van der Waals surface area contributed by atoms with Crippen LogP contribution in [0.25, 0.3) is 22.6 Å². The van der Waals surface area contributed by atoms with Gasteiger partial charge in [0, 0.05) is 17.4 Å². The largest absolute Gasteiger partial charge is 0.322 e. The summed E-state index contributed by atoms with van der Waals surface area (Å²) in [6.45, 7) is 3.80. The van der Waals surface area contributed by atoms with Crippen LogP contribution in [0, 0.1) is 13.8 Å². The van der Waals surface area contributed by atoms with Crippen LogP contribution in [0.5, 0.6) is 0 Å². The summed E-state index contributed by atoms with van der Waals surface area (Å²) in [5.74, 6) is 0.413. The number of nitrogens with zero attached hydrogens (tertiary/aromatic N) is 6. The van der Waals surface area contributed by atoms with Crippen molar-refractivity contribution in [1.82, 2.24) is 30.0 Å². The Morgan fingerprint density at radius 3 is 2.33 bits per heavy atom. The van der Waals surface area contributed by atoms with Crippen molar-refractivity contribution < 1.29 is 4.79 Å². The van der Waals surface area contributed by atoms with E-state index in [4.69, 9.17) is 5.10 Å². The molecule has 0 atom stereocenters. The summed E-state index contributed by atoms with van der Waals surface area (Å²) in [6.07, 6.45) is 1.76. The molecular formula is C25H21N7O. The zero-order valence-corrected chi connectivity index (χ0v) is 18.2. The standard InChI is InChI=1S/C25H21N7O/c1-17-13-14-20(15-23(17)32-18(2)27-29-30-32)26-25(33)22-16-31(21-11-7-4-8-12-21)28-24(22)19-9-5-3-6-10-19/h3-16H,1-2H3,(H,26,33). The van der Waals surface area contributed by atoms with Crippen molar-refractivity contribution in [3.8, 4) is 22.6 Å². The van der Waals surface area contributed by atoms with Crippen LogP contribution in [-0.4, -0.2) is 35.9 Å². The Morgan fingerprint density at radius 1 is 0.909 bits per heavy atom. The Bertz CT molecular complexity index is 1420. The highest BCUT2D eigenvalue weighted by Crippen LogP contribution is 2.26. The summed E-state index contributed by atoms with van der Waals surface area (Å²) in [7, 11) is 0. The lowest BCUT2D eigenvalue weighted by Gasteiger charge is -2.10. The maximum absolute atomic E-state index is 13.4. The van der Waals surface area contributed by atoms with Gasteiger partial charge in [-0.3, -0.25) is 4.79 Å². The molecule has 1 amide bonds. The molecule has 0 aliphatic carbocycles. The normalized spacial score (nSPS) is 10.8. The molecule has 0 aliphatic rings. The van der Waals surface area contributed by atoms with E-state index >= 15 is 0 Å². The van der Waals surface area contributed by atoms with Crippen LogP contribution in [0.15, 0.2) is 85.1 Å². The van der Waals surface area contributed by atoms with Gasteiger partial charge in [-0.15, -0.1) is 5.10 Å². The van der Waals surface area contributed by atoms with Crippen molar-refractivity contribution in [1.29, 1.82) is 0 Å². The highest BCUT2D eigenvalue weighted by Gasteiger charge is 2.19. The summed E-state index contributed by atoms with van der Waals surface area (Å²) in [4.78, 5) is 13.4. The minimum absolute atomic E-state index is 0.251. The first-order chi connectivity index (χ1) is 16.1. The highest BCUT2D eigenvalue weighted by molar-refractivity contribution is 6.08. The molecule has 0 bridgehead atoms. The van der Waals surface area contributed by atoms with E-state index in [0.29, 0.717) is 22.8 Å². The average molecular weight is 435 g/mol. The number of carbonyl (C=O) groups is 1. The second kappa shape index (κ2) is 8.51. The monoisotopic (exact) mass is 435 g/mol. The highest BCUT2D eigenvalue weighted by atomic mass is 16.1. The maximum atomic E-state index is 13.4. The van der Waals surface area contributed by atoms with E-state index in [1.54, 1.807) is 15.6 Å². The first kappa shape index (κ1) is 20.3. The molecule has 5 aromatic rings. The van der Waals surface area contributed by atoms with Crippen LogP contribution in [0.4, 0.5) is 5.69 Å². The molecule has 3 aromatic carbocycles. The third-order valence-electron chi connectivity index (χ3n) is 5.35. The van der Waals surface area contributed by atoms with Crippen molar-refractivity contribution >= 4 is 11.6 Å². The van der Waals surface area contributed by atoms with Gasteiger partial charge in [0.2, 0.25) is 0 Å².